The zero-order valence-electron chi connectivity index (χ0n) is 16.3. The molecule has 2 aliphatic heterocycles. The summed E-state index contributed by atoms with van der Waals surface area (Å²) < 4.78 is 16.7. The van der Waals surface area contributed by atoms with Gasteiger partial charge in [-0.15, -0.1) is 0 Å². The van der Waals surface area contributed by atoms with Gasteiger partial charge in [0.1, 0.15) is 13.2 Å². The molecule has 7 nitrogen and oxygen atoms in total. The van der Waals surface area contributed by atoms with E-state index in [4.69, 9.17) is 14.0 Å². The number of hydrogen-bond donors (Lipinski definition) is 0. The van der Waals surface area contributed by atoms with E-state index in [9.17, 15) is 4.79 Å². The van der Waals surface area contributed by atoms with Crippen LogP contribution in [0.4, 0.5) is 5.69 Å². The van der Waals surface area contributed by atoms with Crippen molar-refractivity contribution < 1.29 is 18.8 Å². The molecule has 0 saturated carbocycles. The molecule has 1 fully saturated rings. The van der Waals surface area contributed by atoms with Crippen molar-refractivity contribution in [1.29, 1.82) is 0 Å². The van der Waals surface area contributed by atoms with E-state index in [1.54, 1.807) is 4.90 Å². The van der Waals surface area contributed by atoms with E-state index in [1.165, 1.54) is 5.56 Å². The molecule has 0 radical (unpaired) electrons. The molecule has 7 heteroatoms. The van der Waals surface area contributed by atoms with Crippen LogP contribution in [0.25, 0.3) is 11.4 Å². The molecule has 0 bridgehead atoms. The first-order chi connectivity index (χ1) is 14.1. The van der Waals surface area contributed by atoms with Crippen LogP contribution in [0.3, 0.4) is 0 Å². The summed E-state index contributed by atoms with van der Waals surface area (Å²) in [5.74, 6) is 2.31. The molecule has 1 unspecified atom stereocenters. The Hall–Kier alpha value is -3.35. The number of rotatable bonds is 3. The minimum Gasteiger partial charge on any atom is -0.486 e. The first kappa shape index (κ1) is 17.7. The van der Waals surface area contributed by atoms with Gasteiger partial charge in [-0.05, 0) is 31.5 Å². The molecule has 3 heterocycles. The van der Waals surface area contributed by atoms with Gasteiger partial charge in [0.25, 0.3) is 0 Å². The molecule has 3 aromatic rings. The summed E-state index contributed by atoms with van der Waals surface area (Å²) in [6.07, 6.45) is 0.336. The van der Waals surface area contributed by atoms with Crippen LogP contribution < -0.4 is 14.4 Å². The number of ether oxygens (including phenoxy) is 2. The predicted molar refractivity (Wildman–Crippen MR) is 106 cm³/mol. The molecule has 0 aliphatic carbocycles. The van der Waals surface area contributed by atoms with Crippen molar-refractivity contribution >= 4 is 11.6 Å². The summed E-state index contributed by atoms with van der Waals surface area (Å²) >= 11 is 0. The number of hydrogen-bond acceptors (Lipinski definition) is 6. The standard InChI is InChI=1S/C22H21N3O4/c1-13-3-5-17(14(2)9-13)21-23-22(29-24-21)15-10-20(26)25(12-15)16-4-6-18-19(11-16)28-8-7-27-18/h3-6,9,11,15H,7-8,10,12H2,1-2H3. The molecular weight excluding hydrogens is 370 g/mol. The second-order valence-electron chi connectivity index (χ2n) is 7.51. The highest BCUT2D eigenvalue weighted by molar-refractivity contribution is 5.96. The Bertz CT molecular complexity index is 1090. The molecule has 1 amide bonds. The van der Waals surface area contributed by atoms with Crippen LogP contribution in [0.1, 0.15) is 29.4 Å². The fourth-order valence-corrected chi connectivity index (χ4v) is 3.90. The zero-order valence-corrected chi connectivity index (χ0v) is 16.3. The van der Waals surface area contributed by atoms with Gasteiger partial charge in [-0.1, -0.05) is 28.9 Å². The molecule has 1 aromatic heterocycles. The summed E-state index contributed by atoms with van der Waals surface area (Å²) in [5, 5.41) is 4.15. The van der Waals surface area contributed by atoms with Crippen molar-refractivity contribution in [3.63, 3.8) is 0 Å². The van der Waals surface area contributed by atoms with Gasteiger partial charge in [0, 0.05) is 30.3 Å². The Labute approximate surface area is 168 Å². The molecule has 0 spiro atoms. The lowest BCUT2D eigenvalue weighted by Gasteiger charge is -2.22. The Kier molecular flexibility index (Phi) is 4.23. The molecule has 5 rings (SSSR count). The quantitative estimate of drug-likeness (QED) is 0.678. The van der Waals surface area contributed by atoms with Gasteiger partial charge in [-0.25, -0.2) is 0 Å². The Morgan fingerprint density at radius 2 is 1.86 bits per heavy atom. The smallest absolute Gasteiger partial charge is 0.232 e. The predicted octanol–water partition coefficient (Wildman–Crippen LogP) is 3.65. The molecular formula is C22H21N3O4. The fraction of sp³-hybridized carbons (Fsp3) is 0.318. The van der Waals surface area contributed by atoms with Crippen molar-refractivity contribution in [3.8, 4) is 22.9 Å². The maximum Gasteiger partial charge on any atom is 0.232 e. The van der Waals surface area contributed by atoms with E-state index in [1.807, 2.05) is 37.3 Å². The summed E-state index contributed by atoms with van der Waals surface area (Å²) in [5.41, 5.74) is 4.01. The van der Waals surface area contributed by atoms with Crippen LogP contribution in [0.15, 0.2) is 40.9 Å². The first-order valence-electron chi connectivity index (χ1n) is 9.70. The minimum atomic E-state index is -0.136. The van der Waals surface area contributed by atoms with Gasteiger partial charge >= 0.3 is 0 Å². The minimum absolute atomic E-state index is 0.0259. The lowest BCUT2D eigenvalue weighted by molar-refractivity contribution is -0.117. The van der Waals surface area contributed by atoms with Crippen LogP contribution in [-0.4, -0.2) is 35.8 Å². The summed E-state index contributed by atoms with van der Waals surface area (Å²) in [6.45, 7) is 5.62. The van der Waals surface area contributed by atoms with Crippen LogP contribution in [0.5, 0.6) is 11.5 Å². The van der Waals surface area contributed by atoms with E-state index < -0.39 is 0 Å². The molecule has 148 valence electrons. The van der Waals surface area contributed by atoms with E-state index in [2.05, 4.69) is 23.1 Å². The van der Waals surface area contributed by atoms with Crippen LogP contribution >= 0.6 is 0 Å². The van der Waals surface area contributed by atoms with Crippen molar-refractivity contribution in [3.05, 3.63) is 53.4 Å². The third-order valence-corrected chi connectivity index (χ3v) is 5.38. The number of carbonyl (C=O) groups is 1. The second kappa shape index (κ2) is 6.92. The SMILES string of the molecule is Cc1ccc(-c2noc(C3CC(=O)N(c4ccc5c(c4)OCCO5)C3)n2)c(C)c1. The van der Waals surface area contributed by atoms with Gasteiger partial charge in [0.15, 0.2) is 11.5 Å². The highest BCUT2D eigenvalue weighted by Gasteiger charge is 2.35. The molecule has 29 heavy (non-hydrogen) atoms. The van der Waals surface area contributed by atoms with Crippen molar-refractivity contribution in [2.45, 2.75) is 26.2 Å². The Balaban J connectivity index is 1.37. The maximum atomic E-state index is 12.7. The van der Waals surface area contributed by atoms with Gasteiger partial charge in [0.05, 0.1) is 5.92 Å². The summed E-state index contributed by atoms with van der Waals surface area (Å²) in [7, 11) is 0. The third-order valence-electron chi connectivity index (χ3n) is 5.38. The number of carbonyl (C=O) groups excluding carboxylic acids is 1. The average Bonchev–Trinajstić information content (AvgIpc) is 3.34. The highest BCUT2D eigenvalue weighted by atomic mass is 16.6. The Morgan fingerprint density at radius 3 is 2.69 bits per heavy atom. The number of fused-ring (bicyclic) bond motifs is 1. The molecule has 1 saturated heterocycles. The number of aromatic nitrogens is 2. The third kappa shape index (κ3) is 3.22. The van der Waals surface area contributed by atoms with E-state index in [-0.39, 0.29) is 11.8 Å². The molecule has 2 aromatic carbocycles. The monoisotopic (exact) mass is 391 g/mol. The lowest BCUT2D eigenvalue weighted by Crippen LogP contribution is -2.24. The number of nitrogens with zero attached hydrogens (tertiary/aromatic N) is 3. The maximum absolute atomic E-state index is 12.7. The number of anilines is 1. The van der Waals surface area contributed by atoms with Crippen LogP contribution in [-0.2, 0) is 4.79 Å². The molecule has 0 N–H and O–H groups in total. The normalized spacial score (nSPS) is 18.3. The zero-order chi connectivity index (χ0) is 20.0. The fourth-order valence-electron chi connectivity index (χ4n) is 3.90. The summed E-state index contributed by atoms with van der Waals surface area (Å²) in [4.78, 5) is 19.0. The van der Waals surface area contributed by atoms with Gasteiger partial charge in [-0.3, -0.25) is 4.79 Å². The van der Waals surface area contributed by atoms with Gasteiger partial charge in [0.2, 0.25) is 17.6 Å². The van der Waals surface area contributed by atoms with E-state index >= 15 is 0 Å². The number of amides is 1. The largest absolute Gasteiger partial charge is 0.486 e. The van der Waals surface area contributed by atoms with Crippen molar-refractivity contribution in [2.24, 2.45) is 0 Å². The first-order valence-corrected chi connectivity index (χ1v) is 9.70. The van der Waals surface area contributed by atoms with Gasteiger partial charge in [-0.2, -0.15) is 4.98 Å². The Morgan fingerprint density at radius 1 is 1.03 bits per heavy atom. The number of benzene rings is 2. The molecule has 1 atom stereocenters. The van der Waals surface area contributed by atoms with Gasteiger partial charge < -0.3 is 18.9 Å². The molecule has 2 aliphatic rings. The van der Waals surface area contributed by atoms with Crippen molar-refractivity contribution in [2.75, 3.05) is 24.7 Å². The second-order valence-corrected chi connectivity index (χ2v) is 7.51. The van der Waals surface area contributed by atoms with E-state index in [0.29, 0.717) is 49.4 Å². The highest BCUT2D eigenvalue weighted by Crippen LogP contribution is 2.37. The van der Waals surface area contributed by atoms with Crippen LogP contribution in [0, 0.1) is 13.8 Å². The van der Waals surface area contributed by atoms with Crippen molar-refractivity contribution in [1.82, 2.24) is 10.1 Å². The summed E-state index contributed by atoms with van der Waals surface area (Å²) in [6, 6.07) is 11.7. The average molecular weight is 391 g/mol. The lowest BCUT2D eigenvalue weighted by atomic mass is 10.1. The van der Waals surface area contributed by atoms with Crippen LogP contribution in [0.2, 0.25) is 0 Å². The van der Waals surface area contributed by atoms with E-state index in [0.717, 1.165) is 16.8 Å². The number of aryl methyl sites for hydroxylation is 2. The topological polar surface area (TPSA) is 77.7 Å².